The van der Waals surface area contributed by atoms with Crippen molar-refractivity contribution in [3.63, 3.8) is 0 Å². The van der Waals surface area contributed by atoms with Gasteiger partial charge in [0.15, 0.2) is 5.69 Å². The number of rotatable bonds is 5. The zero-order valence-corrected chi connectivity index (χ0v) is 15.9. The van der Waals surface area contributed by atoms with Crippen LogP contribution >= 0.6 is 0 Å². The Labute approximate surface area is 158 Å². The van der Waals surface area contributed by atoms with Crippen LogP contribution in [-0.2, 0) is 0 Å². The minimum Gasteiger partial charge on any atom is -0.341 e. The fourth-order valence-corrected chi connectivity index (χ4v) is 3.81. The summed E-state index contributed by atoms with van der Waals surface area (Å²) in [5.41, 5.74) is 3.44. The number of carbonyl (C=O) groups is 1. The summed E-state index contributed by atoms with van der Waals surface area (Å²) >= 11 is 0. The molecule has 1 atom stereocenters. The van der Waals surface area contributed by atoms with Crippen molar-refractivity contribution in [1.82, 2.24) is 30.3 Å². The van der Waals surface area contributed by atoms with E-state index in [-0.39, 0.29) is 11.9 Å². The van der Waals surface area contributed by atoms with Gasteiger partial charge >= 0.3 is 0 Å². The number of fused-ring (bicyclic) bond motifs is 1. The van der Waals surface area contributed by atoms with E-state index in [9.17, 15) is 4.79 Å². The van der Waals surface area contributed by atoms with Gasteiger partial charge in [0, 0.05) is 0 Å². The molecule has 2 aromatic heterocycles. The van der Waals surface area contributed by atoms with Gasteiger partial charge in [-0.25, -0.2) is 9.67 Å². The first-order chi connectivity index (χ1) is 13.1. The van der Waals surface area contributed by atoms with Crippen molar-refractivity contribution in [2.75, 3.05) is 0 Å². The predicted molar refractivity (Wildman–Crippen MR) is 103 cm³/mol. The van der Waals surface area contributed by atoms with Crippen molar-refractivity contribution in [2.24, 2.45) is 0 Å². The molecule has 0 aliphatic heterocycles. The van der Waals surface area contributed by atoms with Gasteiger partial charge in [0.05, 0.1) is 29.3 Å². The predicted octanol–water partition coefficient (Wildman–Crippen LogP) is 3.85. The Hall–Kier alpha value is -2.70. The number of hydrogen-bond acceptors (Lipinski definition) is 4. The van der Waals surface area contributed by atoms with E-state index < -0.39 is 0 Å². The molecule has 1 aromatic carbocycles. The third kappa shape index (κ3) is 3.72. The molecule has 1 saturated carbocycles. The lowest BCUT2D eigenvalue weighted by Gasteiger charge is -2.20. The van der Waals surface area contributed by atoms with E-state index >= 15 is 0 Å². The van der Waals surface area contributed by atoms with Crippen LogP contribution in [0.1, 0.15) is 79.4 Å². The molecule has 0 saturated heterocycles. The number of H-pyrrole nitrogens is 1. The highest BCUT2D eigenvalue weighted by Gasteiger charge is 2.22. The third-order valence-electron chi connectivity index (χ3n) is 5.39. The summed E-state index contributed by atoms with van der Waals surface area (Å²) < 4.78 is 1.86. The van der Waals surface area contributed by atoms with Gasteiger partial charge in [0.2, 0.25) is 0 Å². The number of benzene rings is 1. The molecule has 0 bridgehead atoms. The molecule has 1 aliphatic rings. The Kier molecular flexibility index (Phi) is 4.92. The van der Waals surface area contributed by atoms with Gasteiger partial charge in [-0.15, -0.1) is 5.10 Å². The summed E-state index contributed by atoms with van der Waals surface area (Å²) in [5.74, 6) is 0.562. The highest BCUT2D eigenvalue weighted by Crippen LogP contribution is 2.27. The minimum atomic E-state index is -0.208. The Morgan fingerprint density at radius 2 is 2.15 bits per heavy atom. The molecule has 4 rings (SSSR count). The Bertz CT molecular complexity index is 937. The molecule has 0 unspecified atom stereocenters. The van der Waals surface area contributed by atoms with E-state index in [1.165, 1.54) is 24.8 Å². The lowest BCUT2D eigenvalue weighted by Crippen LogP contribution is -2.29. The first-order valence-electron chi connectivity index (χ1n) is 9.83. The molecule has 0 radical (unpaired) electrons. The first-order valence-corrected chi connectivity index (χ1v) is 9.83. The summed E-state index contributed by atoms with van der Waals surface area (Å²) in [5, 5.41) is 11.3. The number of aromatic amines is 1. The first kappa shape index (κ1) is 17.7. The maximum atomic E-state index is 12.7. The van der Waals surface area contributed by atoms with Gasteiger partial charge in [-0.3, -0.25) is 4.79 Å². The van der Waals surface area contributed by atoms with Crippen LogP contribution in [-0.4, -0.2) is 30.9 Å². The smallest absolute Gasteiger partial charge is 0.274 e. The van der Waals surface area contributed by atoms with Crippen molar-refractivity contribution in [1.29, 1.82) is 0 Å². The largest absolute Gasteiger partial charge is 0.341 e. The van der Waals surface area contributed by atoms with E-state index in [2.05, 4.69) is 38.6 Å². The van der Waals surface area contributed by atoms with Crippen LogP contribution in [0.15, 0.2) is 24.4 Å². The van der Waals surface area contributed by atoms with Crippen molar-refractivity contribution in [3.8, 4) is 0 Å². The van der Waals surface area contributed by atoms with Crippen LogP contribution in [0.5, 0.6) is 0 Å². The Morgan fingerprint density at radius 3 is 2.93 bits per heavy atom. The molecular formula is C20H26N6O. The number of amides is 1. The number of nitrogens with zero attached hydrogens (tertiary/aromatic N) is 4. The molecule has 142 valence electrons. The number of aryl methyl sites for hydroxylation is 1. The quantitative estimate of drug-likeness (QED) is 0.718. The molecule has 2 heterocycles. The van der Waals surface area contributed by atoms with Crippen LogP contribution in [0.3, 0.4) is 0 Å². The normalized spacial score (nSPS) is 16.5. The summed E-state index contributed by atoms with van der Waals surface area (Å²) in [6.07, 6.45) is 8.46. The average molecular weight is 366 g/mol. The monoisotopic (exact) mass is 366 g/mol. The van der Waals surface area contributed by atoms with Crippen LogP contribution in [0.2, 0.25) is 0 Å². The number of imidazole rings is 1. The van der Waals surface area contributed by atoms with Crippen LogP contribution in [0.25, 0.3) is 11.0 Å². The average Bonchev–Trinajstić information content (AvgIpc) is 3.33. The second kappa shape index (κ2) is 7.50. The standard InChI is InChI=1S/C20H26N6O/c1-3-15(19-21-16-10-9-13(2)11-17(16)22-19)23-20(27)18-12-26(25-24-18)14-7-5-4-6-8-14/h9-12,14-15H,3-8H2,1-2H3,(H,21,22)(H,23,27)/t15-/m1/s1. The maximum Gasteiger partial charge on any atom is 0.274 e. The highest BCUT2D eigenvalue weighted by molar-refractivity contribution is 5.92. The summed E-state index contributed by atoms with van der Waals surface area (Å²) in [7, 11) is 0. The summed E-state index contributed by atoms with van der Waals surface area (Å²) in [6.45, 7) is 4.08. The van der Waals surface area contributed by atoms with Gasteiger partial charge in [-0.05, 0) is 43.9 Å². The Morgan fingerprint density at radius 1 is 1.33 bits per heavy atom. The lowest BCUT2D eigenvalue weighted by molar-refractivity contribution is 0.0928. The Balaban J connectivity index is 1.49. The van der Waals surface area contributed by atoms with Crippen molar-refractivity contribution >= 4 is 16.9 Å². The zero-order valence-electron chi connectivity index (χ0n) is 15.9. The molecular weight excluding hydrogens is 340 g/mol. The fraction of sp³-hybridized carbons (Fsp3) is 0.500. The minimum absolute atomic E-state index is 0.190. The topological polar surface area (TPSA) is 88.5 Å². The number of carbonyl (C=O) groups excluding carboxylic acids is 1. The molecule has 7 nitrogen and oxygen atoms in total. The molecule has 7 heteroatoms. The lowest BCUT2D eigenvalue weighted by atomic mass is 9.96. The van der Waals surface area contributed by atoms with E-state index in [4.69, 9.17) is 0 Å². The van der Waals surface area contributed by atoms with Crippen LogP contribution < -0.4 is 5.32 Å². The van der Waals surface area contributed by atoms with Crippen molar-refractivity contribution in [2.45, 2.75) is 64.5 Å². The van der Waals surface area contributed by atoms with Crippen LogP contribution in [0.4, 0.5) is 0 Å². The highest BCUT2D eigenvalue weighted by atomic mass is 16.2. The molecule has 1 fully saturated rings. The van der Waals surface area contributed by atoms with E-state index in [1.54, 1.807) is 6.20 Å². The van der Waals surface area contributed by atoms with Gasteiger partial charge in [0.1, 0.15) is 5.82 Å². The van der Waals surface area contributed by atoms with Crippen LogP contribution in [0, 0.1) is 6.92 Å². The summed E-state index contributed by atoms with van der Waals surface area (Å²) in [6, 6.07) is 6.28. The summed E-state index contributed by atoms with van der Waals surface area (Å²) in [4.78, 5) is 20.7. The van der Waals surface area contributed by atoms with Crippen molar-refractivity contribution in [3.05, 3.63) is 41.5 Å². The molecule has 1 aliphatic carbocycles. The molecule has 27 heavy (non-hydrogen) atoms. The number of nitrogens with one attached hydrogen (secondary N) is 2. The van der Waals surface area contributed by atoms with E-state index in [0.717, 1.165) is 36.1 Å². The third-order valence-corrected chi connectivity index (χ3v) is 5.39. The second-order valence-electron chi connectivity index (χ2n) is 7.45. The van der Waals surface area contributed by atoms with Gasteiger partial charge in [-0.2, -0.15) is 0 Å². The van der Waals surface area contributed by atoms with Gasteiger partial charge < -0.3 is 10.3 Å². The van der Waals surface area contributed by atoms with E-state index in [1.807, 2.05) is 23.7 Å². The zero-order chi connectivity index (χ0) is 18.8. The molecule has 0 spiro atoms. The number of aromatic nitrogens is 5. The molecule has 3 aromatic rings. The number of hydrogen-bond donors (Lipinski definition) is 2. The molecule has 1 amide bonds. The SMILES string of the molecule is CC[C@@H](NC(=O)c1cn(C2CCCCC2)nn1)c1nc2ccc(C)cc2[nH]1. The van der Waals surface area contributed by atoms with E-state index in [0.29, 0.717) is 11.7 Å². The fourth-order valence-electron chi connectivity index (χ4n) is 3.81. The maximum absolute atomic E-state index is 12.7. The molecule has 2 N–H and O–H groups in total. The van der Waals surface area contributed by atoms with Crippen molar-refractivity contribution < 1.29 is 4.79 Å². The van der Waals surface area contributed by atoms with Gasteiger partial charge in [-0.1, -0.05) is 37.5 Å². The second-order valence-corrected chi connectivity index (χ2v) is 7.45. The van der Waals surface area contributed by atoms with Gasteiger partial charge in [0.25, 0.3) is 5.91 Å².